The zero-order valence-electron chi connectivity index (χ0n) is 19.0. The third-order valence-electron chi connectivity index (χ3n) is 5.87. The van der Waals surface area contributed by atoms with Crippen molar-refractivity contribution in [2.45, 2.75) is 66.0 Å². The lowest BCUT2D eigenvalue weighted by Gasteiger charge is -2.30. The molecule has 1 aliphatic rings. The summed E-state index contributed by atoms with van der Waals surface area (Å²) in [7, 11) is 1.47. The van der Waals surface area contributed by atoms with Gasteiger partial charge in [0.05, 0.1) is 13.7 Å². The van der Waals surface area contributed by atoms with Crippen LogP contribution in [0.3, 0.4) is 0 Å². The van der Waals surface area contributed by atoms with E-state index in [0.717, 1.165) is 37.9 Å². The summed E-state index contributed by atoms with van der Waals surface area (Å²) in [5.41, 5.74) is 7.78. The molecule has 0 aromatic heterocycles. The van der Waals surface area contributed by atoms with Crippen molar-refractivity contribution in [3.63, 3.8) is 0 Å². The van der Waals surface area contributed by atoms with Gasteiger partial charge < -0.3 is 9.64 Å². The van der Waals surface area contributed by atoms with Gasteiger partial charge in [0, 0.05) is 25.3 Å². The highest BCUT2D eigenvalue weighted by Crippen LogP contribution is 2.32. The van der Waals surface area contributed by atoms with E-state index in [9.17, 15) is 4.79 Å². The lowest BCUT2D eigenvalue weighted by molar-refractivity contribution is 0.118. The molecule has 4 nitrogen and oxygen atoms in total. The molecule has 0 unspecified atom stereocenters. The number of carbonyl (C=O) groups is 1. The second-order valence-electron chi connectivity index (χ2n) is 8.41. The molecule has 1 amide bonds. The highest BCUT2D eigenvalue weighted by atomic mass is 16.5. The molecule has 0 fully saturated rings. The first-order valence-corrected chi connectivity index (χ1v) is 11.3. The number of hydrogen-bond acceptors (Lipinski definition) is 3. The predicted octanol–water partition coefficient (Wildman–Crippen LogP) is 5.88. The van der Waals surface area contributed by atoms with Crippen molar-refractivity contribution in [1.29, 1.82) is 0 Å². The van der Waals surface area contributed by atoms with Crippen LogP contribution in [0.1, 0.15) is 60.9 Å². The summed E-state index contributed by atoms with van der Waals surface area (Å²) in [6.45, 7) is 9.73. The number of hydrogen-bond donors (Lipinski definition) is 0. The molecule has 0 aliphatic heterocycles. The second kappa shape index (κ2) is 10.5. The summed E-state index contributed by atoms with van der Waals surface area (Å²) in [5.74, 6) is 0. The summed E-state index contributed by atoms with van der Waals surface area (Å²) in [6.07, 6.45) is 5.48. The average molecular weight is 409 g/mol. The van der Waals surface area contributed by atoms with E-state index in [2.05, 4.69) is 56.0 Å². The molecule has 0 saturated heterocycles. The fourth-order valence-electron chi connectivity index (χ4n) is 4.53. The zero-order chi connectivity index (χ0) is 21.5. The van der Waals surface area contributed by atoms with E-state index in [1.165, 1.54) is 47.9 Å². The first-order chi connectivity index (χ1) is 14.5. The van der Waals surface area contributed by atoms with Crippen molar-refractivity contribution < 1.29 is 9.53 Å². The minimum atomic E-state index is -0.277. The Hall–Kier alpha value is -2.49. The zero-order valence-corrected chi connectivity index (χ0v) is 19.0. The SMILES string of the molecule is CCCN(CCC)c1cc2c(cc1CN(Cc1cccc(C)c1)C(=O)OC)CCC2. The van der Waals surface area contributed by atoms with Gasteiger partial charge >= 0.3 is 6.09 Å². The average Bonchev–Trinajstić information content (AvgIpc) is 3.19. The quantitative estimate of drug-likeness (QED) is 0.519. The first kappa shape index (κ1) is 22.2. The van der Waals surface area contributed by atoms with Crippen molar-refractivity contribution in [1.82, 2.24) is 4.90 Å². The van der Waals surface area contributed by atoms with Gasteiger partial charge in [-0.3, -0.25) is 4.90 Å². The third kappa shape index (κ3) is 5.35. The van der Waals surface area contributed by atoms with E-state index in [4.69, 9.17) is 4.74 Å². The van der Waals surface area contributed by atoms with Gasteiger partial charge in [-0.2, -0.15) is 0 Å². The van der Waals surface area contributed by atoms with Gasteiger partial charge in [-0.15, -0.1) is 0 Å². The van der Waals surface area contributed by atoms with Crippen LogP contribution >= 0.6 is 0 Å². The molecule has 3 rings (SSSR count). The topological polar surface area (TPSA) is 32.8 Å². The van der Waals surface area contributed by atoms with Gasteiger partial charge in [0.1, 0.15) is 0 Å². The summed E-state index contributed by atoms with van der Waals surface area (Å²) in [5, 5.41) is 0. The molecule has 1 aliphatic carbocycles. The summed E-state index contributed by atoms with van der Waals surface area (Å²) in [4.78, 5) is 17.0. The Morgan fingerprint density at radius 2 is 1.70 bits per heavy atom. The Labute approximate surface area is 181 Å². The van der Waals surface area contributed by atoms with E-state index in [1.807, 2.05) is 11.0 Å². The molecule has 0 radical (unpaired) electrons. The predicted molar refractivity (Wildman–Crippen MR) is 124 cm³/mol. The minimum Gasteiger partial charge on any atom is -0.453 e. The van der Waals surface area contributed by atoms with Crippen LogP contribution in [0.4, 0.5) is 10.5 Å². The standard InChI is InChI=1S/C26H36N2O2/c1-5-13-27(14-6-2)25-17-23-12-8-11-22(23)16-24(25)19-28(26(29)30-4)18-21-10-7-9-20(3)15-21/h7,9-10,15-17H,5-6,8,11-14,18-19H2,1-4H3. The molecular formula is C26H36N2O2. The van der Waals surface area contributed by atoms with Crippen LogP contribution in [-0.4, -0.2) is 31.2 Å². The number of amides is 1. The fraction of sp³-hybridized carbons (Fsp3) is 0.500. The molecule has 0 spiro atoms. The van der Waals surface area contributed by atoms with E-state index < -0.39 is 0 Å². The van der Waals surface area contributed by atoms with E-state index in [0.29, 0.717) is 13.1 Å². The fourth-order valence-corrected chi connectivity index (χ4v) is 4.53. The normalized spacial score (nSPS) is 12.5. The Morgan fingerprint density at radius 3 is 2.33 bits per heavy atom. The Kier molecular flexibility index (Phi) is 7.78. The second-order valence-corrected chi connectivity index (χ2v) is 8.41. The van der Waals surface area contributed by atoms with Crippen molar-refractivity contribution in [2.75, 3.05) is 25.1 Å². The van der Waals surface area contributed by atoms with Crippen LogP contribution in [0.2, 0.25) is 0 Å². The largest absolute Gasteiger partial charge is 0.453 e. The number of nitrogens with zero attached hydrogens (tertiary/aromatic N) is 2. The number of carbonyl (C=O) groups excluding carboxylic acids is 1. The Balaban J connectivity index is 1.95. The molecule has 0 heterocycles. The van der Waals surface area contributed by atoms with Crippen molar-refractivity contribution in [3.8, 4) is 0 Å². The first-order valence-electron chi connectivity index (χ1n) is 11.3. The number of anilines is 1. The maximum Gasteiger partial charge on any atom is 0.410 e. The number of fused-ring (bicyclic) bond motifs is 1. The highest BCUT2D eigenvalue weighted by Gasteiger charge is 2.22. The highest BCUT2D eigenvalue weighted by molar-refractivity contribution is 5.68. The number of benzene rings is 2. The molecule has 2 aromatic carbocycles. The van der Waals surface area contributed by atoms with Crippen LogP contribution in [0.5, 0.6) is 0 Å². The number of aryl methyl sites for hydroxylation is 3. The molecule has 30 heavy (non-hydrogen) atoms. The van der Waals surface area contributed by atoms with E-state index in [-0.39, 0.29) is 6.09 Å². The molecule has 0 saturated carbocycles. The number of ether oxygens (including phenoxy) is 1. The molecule has 162 valence electrons. The summed E-state index contributed by atoms with van der Waals surface area (Å²) in [6, 6.07) is 13.1. The van der Waals surface area contributed by atoms with E-state index in [1.54, 1.807) is 0 Å². The molecule has 0 N–H and O–H groups in total. The van der Waals surface area contributed by atoms with Crippen LogP contribution in [0, 0.1) is 6.92 Å². The van der Waals surface area contributed by atoms with Crippen molar-refractivity contribution in [2.24, 2.45) is 0 Å². The van der Waals surface area contributed by atoms with Crippen LogP contribution in [0.25, 0.3) is 0 Å². The van der Waals surface area contributed by atoms with Crippen molar-refractivity contribution in [3.05, 3.63) is 64.2 Å². The number of rotatable bonds is 9. The Morgan fingerprint density at radius 1 is 1.00 bits per heavy atom. The molecule has 0 atom stereocenters. The van der Waals surface area contributed by atoms with Crippen LogP contribution in [0.15, 0.2) is 36.4 Å². The van der Waals surface area contributed by atoms with Gasteiger partial charge in [-0.05, 0) is 67.3 Å². The molecule has 2 aromatic rings. The maximum atomic E-state index is 12.7. The summed E-state index contributed by atoms with van der Waals surface area (Å²) < 4.78 is 5.15. The maximum absolute atomic E-state index is 12.7. The number of methoxy groups -OCH3 is 1. The van der Waals surface area contributed by atoms with Crippen molar-refractivity contribution >= 4 is 11.8 Å². The lowest BCUT2D eigenvalue weighted by atomic mass is 10.0. The van der Waals surface area contributed by atoms with Gasteiger partial charge in [0.25, 0.3) is 0 Å². The third-order valence-corrected chi connectivity index (χ3v) is 5.87. The van der Waals surface area contributed by atoms with Gasteiger partial charge in [0.15, 0.2) is 0 Å². The minimum absolute atomic E-state index is 0.277. The van der Waals surface area contributed by atoms with Gasteiger partial charge in [0.2, 0.25) is 0 Å². The van der Waals surface area contributed by atoms with Crippen LogP contribution in [-0.2, 0) is 30.7 Å². The monoisotopic (exact) mass is 408 g/mol. The van der Waals surface area contributed by atoms with Gasteiger partial charge in [-0.1, -0.05) is 49.7 Å². The van der Waals surface area contributed by atoms with Crippen LogP contribution < -0.4 is 4.90 Å². The Bertz CT molecular complexity index is 856. The molecular weight excluding hydrogens is 372 g/mol. The summed E-state index contributed by atoms with van der Waals surface area (Å²) >= 11 is 0. The lowest BCUT2D eigenvalue weighted by Crippen LogP contribution is -2.32. The molecule has 0 bridgehead atoms. The van der Waals surface area contributed by atoms with Gasteiger partial charge in [-0.25, -0.2) is 4.79 Å². The van der Waals surface area contributed by atoms with E-state index >= 15 is 0 Å². The smallest absolute Gasteiger partial charge is 0.410 e. The molecule has 4 heteroatoms.